The summed E-state index contributed by atoms with van der Waals surface area (Å²) in [6.07, 6.45) is 0.251. The van der Waals surface area contributed by atoms with Crippen LogP contribution >= 0.6 is 0 Å². The minimum atomic E-state index is -0.866. The van der Waals surface area contributed by atoms with Gasteiger partial charge in [0.15, 0.2) is 29.0 Å². The molecule has 0 heterocycles. The van der Waals surface area contributed by atoms with Gasteiger partial charge in [0, 0.05) is 13.0 Å². The molecule has 0 radical (unpaired) electrons. The number of amides is 2. The van der Waals surface area contributed by atoms with Gasteiger partial charge in [-0.1, -0.05) is 42.5 Å². The Morgan fingerprint density at radius 3 is 2.16 bits per heavy atom. The van der Waals surface area contributed by atoms with Crippen molar-refractivity contribution in [1.82, 2.24) is 16.0 Å². The summed E-state index contributed by atoms with van der Waals surface area (Å²) in [6.45, 7) is 0.0751. The molecule has 3 aromatic rings. The van der Waals surface area contributed by atoms with Crippen molar-refractivity contribution in [2.24, 2.45) is 0 Å². The molecule has 0 spiro atoms. The Morgan fingerprint density at radius 2 is 1.50 bits per heavy atom. The summed E-state index contributed by atoms with van der Waals surface area (Å²) in [5.74, 6) is -0.563. The number of ether oxygens (including phenoxy) is 3. The quantitative estimate of drug-likeness (QED) is 0.227. The standard InChI is InChI=1S/C28H31FN4O5/c1-36-23-11-10-20(13-21(23)29)17-31-27(35)22(14-18-7-5-4-6-8-18)32-28(30)33-26(34)16-19-9-12-24(37-2)25(15-19)38-3/h4-13,15,22H,14,16-17H2,1-3H3,(H,31,35)(H3,30,32,33,34)/t22-/m1/s1. The maximum Gasteiger partial charge on any atom is 0.243 e. The molecule has 4 N–H and O–H groups in total. The lowest BCUT2D eigenvalue weighted by Crippen LogP contribution is -2.52. The molecule has 0 bridgehead atoms. The van der Waals surface area contributed by atoms with Crippen molar-refractivity contribution in [2.75, 3.05) is 21.3 Å². The first kappa shape index (κ1) is 28.0. The maximum absolute atomic E-state index is 14.0. The van der Waals surface area contributed by atoms with Crippen LogP contribution in [0, 0.1) is 11.2 Å². The number of hydrogen-bond donors (Lipinski definition) is 4. The van der Waals surface area contributed by atoms with Gasteiger partial charge in [-0.05, 0) is 41.0 Å². The normalized spacial score (nSPS) is 11.2. The smallest absolute Gasteiger partial charge is 0.243 e. The van der Waals surface area contributed by atoms with Crippen LogP contribution in [0.4, 0.5) is 4.39 Å². The summed E-state index contributed by atoms with van der Waals surface area (Å²) in [5, 5.41) is 16.3. The number of hydrogen-bond acceptors (Lipinski definition) is 6. The lowest BCUT2D eigenvalue weighted by Gasteiger charge is -2.20. The van der Waals surface area contributed by atoms with Gasteiger partial charge in [-0.15, -0.1) is 0 Å². The monoisotopic (exact) mass is 522 g/mol. The van der Waals surface area contributed by atoms with Crippen LogP contribution in [-0.4, -0.2) is 45.1 Å². The molecule has 10 heteroatoms. The van der Waals surface area contributed by atoms with Crippen molar-refractivity contribution in [1.29, 1.82) is 5.41 Å². The van der Waals surface area contributed by atoms with E-state index in [1.54, 1.807) is 24.3 Å². The highest BCUT2D eigenvalue weighted by molar-refractivity contribution is 5.98. The first-order chi connectivity index (χ1) is 18.3. The lowest BCUT2D eigenvalue weighted by atomic mass is 10.1. The molecule has 200 valence electrons. The lowest BCUT2D eigenvalue weighted by molar-refractivity contribution is -0.123. The van der Waals surface area contributed by atoms with E-state index in [4.69, 9.17) is 19.6 Å². The zero-order valence-electron chi connectivity index (χ0n) is 21.5. The van der Waals surface area contributed by atoms with Crippen molar-refractivity contribution < 1.29 is 28.2 Å². The van der Waals surface area contributed by atoms with Crippen molar-refractivity contribution >= 4 is 17.8 Å². The first-order valence-corrected chi connectivity index (χ1v) is 11.8. The number of methoxy groups -OCH3 is 3. The Morgan fingerprint density at radius 1 is 0.842 bits per heavy atom. The zero-order chi connectivity index (χ0) is 27.5. The number of benzene rings is 3. The highest BCUT2D eigenvalue weighted by Crippen LogP contribution is 2.27. The fraction of sp³-hybridized carbons (Fsp3) is 0.250. The van der Waals surface area contributed by atoms with Crippen LogP contribution in [0.25, 0.3) is 0 Å². The van der Waals surface area contributed by atoms with Gasteiger partial charge in [0.2, 0.25) is 11.8 Å². The largest absolute Gasteiger partial charge is 0.494 e. The van der Waals surface area contributed by atoms with Crippen LogP contribution < -0.4 is 30.2 Å². The first-order valence-electron chi connectivity index (χ1n) is 11.8. The third-order valence-corrected chi connectivity index (χ3v) is 5.68. The van der Waals surface area contributed by atoms with Gasteiger partial charge in [0.1, 0.15) is 6.04 Å². The van der Waals surface area contributed by atoms with Crippen LogP contribution in [0.1, 0.15) is 16.7 Å². The van der Waals surface area contributed by atoms with E-state index in [-0.39, 0.29) is 31.1 Å². The summed E-state index contributed by atoms with van der Waals surface area (Å²) in [7, 11) is 4.40. The number of guanidine groups is 1. The molecule has 0 aliphatic rings. The Kier molecular flexibility index (Phi) is 10.0. The molecule has 3 aromatic carbocycles. The van der Waals surface area contributed by atoms with Crippen LogP contribution in [-0.2, 0) is 29.0 Å². The van der Waals surface area contributed by atoms with E-state index in [2.05, 4.69) is 16.0 Å². The topological polar surface area (TPSA) is 122 Å². The van der Waals surface area contributed by atoms with E-state index < -0.39 is 23.7 Å². The molecule has 38 heavy (non-hydrogen) atoms. The van der Waals surface area contributed by atoms with Crippen LogP contribution in [0.2, 0.25) is 0 Å². The second-order valence-electron chi connectivity index (χ2n) is 8.36. The third-order valence-electron chi connectivity index (χ3n) is 5.68. The molecule has 1 atom stereocenters. The molecular weight excluding hydrogens is 491 g/mol. The average Bonchev–Trinajstić information content (AvgIpc) is 2.91. The average molecular weight is 523 g/mol. The summed E-state index contributed by atoms with van der Waals surface area (Å²) in [4.78, 5) is 25.6. The fourth-order valence-corrected chi connectivity index (χ4v) is 3.76. The maximum atomic E-state index is 14.0. The molecule has 2 amide bonds. The van der Waals surface area contributed by atoms with Crippen molar-refractivity contribution in [3.63, 3.8) is 0 Å². The predicted molar refractivity (Wildman–Crippen MR) is 141 cm³/mol. The van der Waals surface area contributed by atoms with Gasteiger partial charge in [-0.25, -0.2) is 4.39 Å². The third kappa shape index (κ3) is 7.95. The van der Waals surface area contributed by atoms with Crippen LogP contribution in [0.3, 0.4) is 0 Å². The Bertz CT molecular complexity index is 1270. The van der Waals surface area contributed by atoms with Gasteiger partial charge in [-0.3, -0.25) is 20.3 Å². The number of carbonyl (C=O) groups excluding carboxylic acids is 2. The molecule has 0 fully saturated rings. The number of carbonyl (C=O) groups is 2. The Labute approximate surface area is 220 Å². The summed E-state index contributed by atoms with van der Waals surface area (Å²) in [5.41, 5.74) is 2.08. The molecule has 0 aliphatic heterocycles. The van der Waals surface area contributed by atoms with Crippen molar-refractivity contribution in [2.45, 2.75) is 25.4 Å². The molecule has 3 rings (SSSR count). The Hall–Kier alpha value is -4.60. The Balaban J connectivity index is 1.63. The van der Waals surface area contributed by atoms with Crippen molar-refractivity contribution in [3.8, 4) is 17.2 Å². The van der Waals surface area contributed by atoms with Gasteiger partial charge in [0.05, 0.1) is 27.8 Å². The van der Waals surface area contributed by atoms with E-state index in [0.29, 0.717) is 22.6 Å². The van der Waals surface area contributed by atoms with Crippen LogP contribution in [0.15, 0.2) is 66.7 Å². The molecule has 0 aliphatic carbocycles. The van der Waals surface area contributed by atoms with E-state index in [0.717, 1.165) is 5.56 Å². The fourth-order valence-electron chi connectivity index (χ4n) is 3.76. The number of halogens is 1. The van der Waals surface area contributed by atoms with Gasteiger partial charge < -0.3 is 24.8 Å². The van der Waals surface area contributed by atoms with Gasteiger partial charge in [0.25, 0.3) is 0 Å². The summed E-state index contributed by atoms with van der Waals surface area (Å²) >= 11 is 0. The second-order valence-corrected chi connectivity index (χ2v) is 8.36. The van der Waals surface area contributed by atoms with Crippen LogP contribution in [0.5, 0.6) is 17.2 Å². The molecule has 0 saturated heterocycles. The number of rotatable bonds is 11. The minimum Gasteiger partial charge on any atom is -0.494 e. The predicted octanol–water partition coefficient (Wildman–Crippen LogP) is 2.96. The van der Waals surface area contributed by atoms with Crippen molar-refractivity contribution in [3.05, 3.63) is 89.2 Å². The zero-order valence-corrected chi connectivity index (χ0v) is 21.5. The van der Waals surface area contributed by atoms with E-state index in [1.807, 2.05) is 30.3 Å². The summed E-state index contributed by atoms with van der Waals surface area (Å²) in [6, 6.07) is 17.9. The summed E-state index contributed by atoms with van der Waals surface area (Å²) < 4.78 is 29.4. The highest BCUT2D eigenvalue weighted by Gasteiger charge is 2.21. The molecular formula is C28H31FN4O5. The number of nitrogens with one attached hydrogen (secondary N) is 4. The molecule has 9 nitrogen and oxygen atoms in total. The molecule has 0 saturated carbocycles. The second kappa shape index (κ2) is 13.6. The molecule has 0 aromatic heterocycles. The molecule has 0 unspecified atom stereocenters. The SMILES string of the molecule is COc1ccc(CNC(=O)[C@@H](Cc2ccccc2)NC(=N)NC(=O)Cc2ccc(OC)c(OC)c2)cc1F. The van der Waals surface area contributed by atoms with Gasteiger partial charge in [-0.2, -0.15) is 0 Å². The van der Waals surface area contributed by atoms with Gasteiger partial charge >= 0.3 is 0 Å². The van der Waals surface area contributed by atoms with E-state index >= 15 is 0 Å². The highest BCUT2D eigenvalue weighted by atomic mass is 19.1. The van der Waals surface area contributed by atoms with E-state index in [1.165, 1.54) is 33.5 Å². The minimum absolute atomic E-state index is 0.0109. The van der Waals surface area contributed by atoms with E-state index in [9.17, 15) is 14.0 Å².